The van der Waals surface area contributed by atoms with Crippen LogP contribution in [0.25, 0.3) is 11.1 Å². The summed E-state index contributed by atoms with van der Waals surface area (Å²) >= 11 is 0. The number of ether oxygens (including phenoxy) is 2. The third-order valence-electron chi connectivity index (χ3n) is 11.1. The Morgan fingerprint density at radius 2 is 0.589 bits per heavy atom. The van der Waals surface area contributed by atoms with E-state index in [0.717, 1.165) is 25.7 Å². The molecular weight excluding hydrogens is 693 g/mol. The lowest BCUT2D eigenvalue weighted by Crippen LogP contribution is -2.28. The van der Waals surface area contributed by atoms with Crippen molar-refractivity contribution >= 4 is 12.2 Å². The summed E-state index contributed by atoms with van der Waals surface area (Å²) in [7, 11) is 0. The number of hydrogen-bond acceptors (Lipinski definition) is 4. The van der Waals surface area contributed by atoms with Gasteiger partial charge in [0.1, 0.15) is 11.5 Å². The van der Waals surface area contributed by atoms with Crippen molar-refractivity contribution in [2.24, 2.45) is 0 Å². The van der Waals surface area contributed by atoms with Gasteiger partial charge in [-0.25, -0.2) is 9.59 Å². The van der Waals surface area contributed by atoms with Gasteiger partial charge in [-0.2, -0.15) is 0 Å². The van der Waals surface area contributed by atoms with E-state index >= 15 is 0 Å². The molecule has 2 aromatic rings. The van der Waals surface area contributed by atoms with E-state index in [1.165, 1.54) is 180 Å². The maximum Gasteiger partial charge on any atom is 0.412 e. The Hall–Kier alpha value is -3.02. The Bertz CT molecular complexity index is 1120. The van der Waals surface area contributed by atoms with Crippen LogP contribution in [0.2, 0.25) is 0 Å². The molecule has 0 aromatic heterocycles. The summed E-state index contributed by atoms with van der Waals surface area (Å²) in [4.78, 5) is 25.5. The number of amides is 2. The molecule has 0 spiro atoms. The van der Waals surface area contributed by atoms with Gasteiger partial charge < -0.3 is 20.1 Å². The second-order valence-electron chi connectivity index (χ2n) is 16.2. The molecule has 6 nitrogen and oxygen atoms in total. The summed E-state index contributed by atoms with van der Waals surface area (Å²) in [5, 5.41) is 5.83. The largest absolute Gasteiger partial charge is 0.412 e. The first-order valence-corrected chi connectivity index (χ1v) is 23.8. The number of unbranched alkanes of at least 4 members (excludes halogenated alkanes) is 30. The molecule has 0 saturated heterocycles. The van der Waals surface area contributed by atoms with E-state index < -0.39 is 12.2 Å². The molecule has 318 valence electrons. The van der Waals surface area contributed by atoms with Gasteiger partial charge in [0, 0.05) is 24.2 Å². The van der Waals surface area contributed by atoms with Crippen molar-refractivity contribution in [1.29, 1.82) is 0 Å². The number of hydrogen-bond donors (Lipinski definition) is 2. The third-order valence-corrected chi connectivity index (χ3v) is 11.1. The molecule has 2 rings (SSSR count). The van der Waals surface area contributed by atoms with Gasteiger partial charge in [-0.15, -0.1) is 0 Å². The van der Waals surface area contributed by atoms with E-state index in [4.69, 9.17) is 9.47 Å². The second-order valence-corrected chi connectivity index (χ2v) is 16.2. The van der Waals surface area contributed by atoms with Crippen LogP contribution in [0.1, 0.15) is 219 Å². The van der Waals surface area contributed by atoms with E-state index in [0.29, 0.717) is 35.7 Å². The zero-order chi connectivity index (χ0) is 40.0. The molecule has 0 radical (unpaired) electrons. The standard InChI is InChI=1S/C50H84N2O4/c1-3-5-7-9-11-13-15-17-19-21-23-25-27-29-31-37-43-51-49(53)55-47-41-35-33-39-45(47)46-40-34-36-42-48(46)56-50(54)52-44-38-32-30-28-26-24-22-20-18-16-14-12-10-8-6-4-2/h33-36,39-42H,3-32,37-38,43-44H2,1-2H3,(H,51,53)(H,52,54). The van der Waals surface area contributed by atoms with Crippen LogP contribution < -0.4 is 20.1 Å². The predicted octanol–water partition coefficient (Wildman–Crippen LogP) is 16.1. The van der Waals surface area contributed by atoms with E-state index in [1.54, 1.807) is 12.1 Å². The van der Waals surface area contributed by atoms with Gasteiger partial charge >= 0.3 is 12.2 Å². The fourth-order valence-electron chi connectivity index (χ4n) is 7.56. The lowest BCUT2D eigenvalue weighted by molar-refractivity contribution is 0.198. The molecule has 0 bridgehead atoms. The van der Waals surface area contributed by atoms with Crippen LogP contribution in [0.5, 0.6) is 11.5 Å². The minimum atomic E-state index is -0.464. The molecule has 56 heavy (non-hydrogen) atoms. The number of rotatable bonds is 37. The van der Waals surface area contributed by atoms with Gasteiger partial charge in [-0.3, -0.25) is 0 Å². The molecule has 0 aliphatic carbocycles. The van der Waals surface area contributed by atoms with Crippen molar-refractivity contribution in [2.45, 2.75) is 219 Å². The highest BCUT2D eigenvalue weighted by atomic mass is 16.6. The molecule has 0 atom stereocenters. The molecule has 0 aliphatic heterocycles. The van der Waals surface area contributed by atoms with Crippen LogP contribution >= 0.6 is 0 Å². The number of para-hydroxylation sites is 2. The molecule has 0 unspecified atom stereocenters. The zero-order valence-corrected chi connectivity index (χ0v) is 36.3. The SMILES string of the molecule is CCCCCCCCCCCCCCCCCCNC(=O)Oc1ccccc1-c1ccccc1OC(=O)NCCCCCCCCCCCCCCCCCC. The maximum absolute atomic E-state index is 12.7. The Balaban J connectivity index is 1.54. The zero-order valence-electron chi connectivity index (χ0n) is 36.3. The summed E-state index contributed by atoms with van der Waals surface area (Å²) in [6.07, 6.45) is 41.4. The normalized spacial score (nSPS) is 11.1. The Morgan fingerprint density at radius 3 is 0.857 bits per heavy atom. The van der Waals surface area contributed by atoms with Gasteiger partial charge in [0.25, 0.3) is 0 Å². The van der Waals surface area contributed by atoms with Crippen molar-refractivity contribution in [1.82, 2.24) is 10.6 Å². The highest BCUT2D eigenvalue weighted by Crippen LogP contribution is 2.36. The van der Waals surface area contributed by atoms with Crippen LogP contribution in [0, 0.1) is 0 Å². The molecule has 2 aromatic carbocycles. The summed E-state index contributed by atoms with van der Waals surface area (Å²) in [6, 6.07) is 14.8. The molecule has 0 fully saturated rings. The molecular formula is C50H84N2O4. The highest BCUT2D eigenvalue weighted by molar-refractivity contribution is 5.82. The lowest BCUT2D eigenvalue weighted by Gasteiger charge is -2.14. The summed E-state index contributed by atoms with van der Waals surface area (Å²) in [5.41, 5.74) is 1.40. The van der Waals surface area contributed by atoms with Crippen molar-refractivity contribution in [3.05, 3.63) is 48.5 Å². The average Bonchev–Trinajstić information content (AvgIpc) is 3.20. The van der Waals surface area contributed by atoms with Crippen LogP contribution in [0.4, 0.5) is 9.59 Å². The van der Waals surface area contributed by atoms with Gasteiger partial charge in [0.15, 0.2) is 0 Å². The number of nitrogens with one attached hydrogen (secondary N) is 2. The summed E-state index contributed by atoms with van der Waals surface area (Å²) in [6.45, 7) is 5.75. The molecule has 6 heteroatoms. The predicted molar refractivity (Wildman–Crippen MR) is 239 cm³/mol. The molecule has 0 heterocycles. The molecule has 2 N–H and O–H groups in total. The van der Waals surface area contributed by atoms with E-state index in [9.17, 15) is 9.59 Å². The molecule has 0 saturated carbocycles. The Kier molecular flexibility index (Phi) is 31.9. The monoisotopic (exact) mass is 777 g/mol. The summed E-state index contributed by atoms with van der Waals surface area (Å²) in [5.74, 6) is 0.864. The molecule has 2 amide bonds. The van der Waals surface area contributed by atoms with Gasteiger partial charge in [-0.05, 0) is 25.0 Å². The lowest BCUT2D eigenvalue weighted by atomic mass is 10.0. The van der Waals surface area contributed by atoms with Crippen molar-refractivity contribution < 1.29 is 19.1 Å². The van der Waals surface area contributed by atoms with Crippen LogP contribution in [0.3, 0.4) is 0 Å². The minimum Gasteiger partial charge on any atom is -0.410 e. The van der Waals surface area contributed by atoms with E-state index in [2.05, 4.69) is 24.5 Å². The topological polar surface area (TPSA) is 76.7 Å². The minimum absolute atomic E-state index is 0.432. The van der Waals surface area contributed by atoms with E-state index in [1.807, 2.05) is 36.4 Å². The van der Waals surface area contributed by atoms with Gasteiger partial charge in [0.2, 0.25) is 0 Å². The Labute approximate surface area is 344 Å². The first kappa shape index (κ1) is 49.1. The second kappa shape index (κ2) is 36.3. The van der Waals surface area contributed by atoms with Gasteiger partial charge in [-0.1, -0.05) is 243 Å². The first-order chi connectivity index (χ1) is 27.7. The van der Waals surface area contributed by atoms with Crippen molar-refractivity contribution in [2.75, 3.05) is 13.1 Å². The molecule has 0 aliphatic rings. The highest BCUT2D eigenvalue weighted by Gasteiger charge is 2.16. The van der Waals surface area contributed by atoms with Crippen molar-refractivity contribution in [3.63, 3.8) is 0 Å². The fourth-order valence-corrected chi connectivity index (χ4v) is 7.56. The smallest absolute Gasteiger partial charge is 0.410 e. The number of benzene rings is 2. The van der Waals surface area contributed by atoms with Crippen LogP contribution in [0.15, 0.2) is 48.5 Å². The van der Waals surface area contributed by atoms with Crippen LogP contribution in [-0.4, -0.2) is 25.3 Å². The van der Waals surface area contributed by atoms with Crippen molar-refractivity contribution in [3.8, 4) is 22.6 Å². The average molecular weight is 777 g/mol. The van der Waals surface area contributed by atoms with Crippen LogP contribution in [-0.2, 0) is 0 Å². The van der Waals surface area contributed by atoms with E-state index in [-0.39, 0.29) is 0 Å². The summed E-state index contributed by atoms with van der Waals surface area (Å²) < 4.78 is 11.5. The maximum atomic E-state index is 12.7. The first-order valence-electron chi connectivity index (χ1n) is 23.8. The number of carbonyl (C=O) groups is 2. The number of carbonyl (C=O) groups excluding carboxylic acids is 2. The fraction of sp³-hybridized carbons (Fsp3) is 0.720. The van der Waals surface area contributed by atoms with Gasteiger partial charge in [0.05, 0.1) is 0 Å². The third kappa shape index (κ3) is 26.8. The Morgan fingerprint density at radius 1 is 0.357 bits per heavy atom. The quantitative estimate of drug-likeness (QED) is 0.0670.